The van der Waals surface area contributed by atoms with E-state index in [1.165, 1.54) is 0 Å². The number of rotatable bonds is 2. The summed E-state index contributed by atoms with van der Waals surface area (Å²) in [6, 6.07) is -1.32. The van der Waals surface area contributed by atoms with Crippen molar-refractivity contribution in [3.8, 4) is 0 Å². The maximum atomic E-state index is 12.2. The van der Waals surface area contributed by atoms with Crippen molar-refractivity contribution in [2.75, 3.05) is 0 Å². The summed E-state index contributed by atoms with van der Waals surface area (Å²) in [5, 5.41) is 29.8. The number of carboxylic acid groups (broad SMARTS) is 1. The monoisotopic (exact) mass is 283 g/mol. The van der Waals surface area contributed by atoms with Crippen molar-refractivity contribution in [2.45, 2.75) is 30.8 Å². The zero-order valence-corrected chi connectivity index (χ0v) is 9.46. The van der Waals surface area contributed by atoms with Crippen molar-refractivity contribution in [3.05, 3.63) is 0 Å². The lowest BCUT2D eigenvalue weighted by molar-refractivity contribution is -0.176. The molecule has 0 saturated heterocycles. The second-order valence-electron chi connectivity index (χ2n) is 4.91. The van der Waals surface area contributed by atoms with E-state index in [-0.39, 0.29) is 6.42 Å². The van der Waals surface area contributed by atoms with Crippen LogP contribution in [0.3, 0.4) is 0 Å². The highest BCUT2D eigenvalue weighted by molar-refractivity contribution is 5.83. The molecule has 0 aromatic heterocycles. The number of aliphatic carboxylic acids is 1. The Morgan fingerprint density at radius 1 is 1.11 bits per heavy atom. The molecule has 19 heavy (non-hydrogen) atoms. The number of carbonyl (C=O) groups is 2. The van der Waals surface area contributed by atoms with Gasteiger partial charge >= 0.3 is 18.1 Å². The average Bonchev–Trinajstić information content (AvgIpc) is 2.76. The number of halogens is 3. The lowest BCUT2D eigenvalue weighted by Crippen LogP contribution is -2.56. The molecule has 0 aromatic rings. The summed E-state index contributed by atoms with van der Waals surface area (Å²) >= 11 is 0. The highest BCUT2D eigenvalue weighted by atomic mass is 19.4. The van der Waals surface area contributed by atoms with E-state index in [1.54, 1.807) is 5.32 Å². The first-order chi connectivity index (χ1) is 8.64. The maximum absolute atomic E-state index is 12.2. The van der Waals surface area contributed by atoms with Crippen LogP contribution in [0, 0.1) is 17.8 Å². The number of alkyl halides is 3. The van der Waals surface area contributed by atoms with E-state index in [0.29, 0.717) is 0 Å². The van der Waals surface area contributed by atoms with Gasteiger partial charge in [-0.3, -0.25) is 9.59 Å². The van der Waals surface area contributed by atoms with Crippen molar-refractivity contribution in [1.29, 1.82) is 0 Å². The van der Waals surface area contributed by atoms with Gasteiger partial charge in [-0.05, 0) is 6.42 Å². The van der Waals surface area contributed by atoms with Gasteiger partial charge in [0.15, 0.2) is 0 Å². The first-order valence-corrected chi connectivity index (χ1v) is 5.61. The van der Waals surface area contributed by atoms with E-state index >= 15 is 0 Å². The first kappa shape index (κ1) is 14.1. The van der Waals surface area contributed by atoms with Gasteiger partial charge in [0.1, 0.15) is 0 Å². The molecule has 2 bridgehead atoms. The number of hydrogen-bond donors (Lipinski definition) is 4. The van der Waals surface area contributed by atoms with E-state index in [1.807, 2.05) is 0 Å². The molecular weight excluding hydrogens is 271 g/mol. The number of amides is 1. The fourth-order valence-electron chi connectivity index (χ4n) is 3.12. The number of hydrogen-bond acceptors (Lipinski definition) is 4. The summed E-state index contributed by atoms with van der Waals surface area (Å²) in [5.74, 6) is -6.69. The lowest BCUT2D eigenvalue weighted by Gasteiger charge is -2.35. The van der Waals surface area contributed by atoms with Crippen molar-refractivity contribution in [2.24, 2.45) is 17.8 Å². The number of fused-ring (bicyclic) bond motifs is 2. The van der Waals surface area contributed by atoms with Crippen molar-refractivity contribution in [1.82, 2.24) is 5.32 Å². The molecule has 4 N–H and O–H groups in total. The SMILES string of the molecule is O=C(O)[C@H]1[C@H]2C[C@H]([C@H](O)[C@@H]2O)[C@H]1NC(=O)C(F)(F)F. The Morgan fingerprint density at radius 3 is 2.11 bits per heavy atom. The van der Waals surface area contributed by atoms with Crippen molar-refractivity contribution in [3.63, 3.8) is 0 Å². The molecule has 108 valence electrons. The largest absolute Gasteiger partial charge is 0.481 e. The van der Waals surface area contributed by atoms with E-state index in [0.717, 1.165) is 0 Å². The van der Waals surface area contributed by atoms with E-state index < -0.39 is 54.1 Å². The van der Waals surface area contributed by atoms with E-state index in [4.69, 9.17) is 5.11 Å². The van der Waals surface area contributed by atoms with Crippen LogP contribution >= 0.6 is 0 Å². The molecule has 0 radical (unpaired) electrons. The van der Waals surface area contributed by atoms with E-state index in [2.05, 4.69) is 0 Å². The third kappa shape index (κ3) is 2.16. The molecule has 0 aliphatic heterocycles. The molecule has 0 spiro atoms. The summed E-state index contributed by atoms with van der Waals surface area (Å²) in [6.07, 6.45) is -7.65. The van der Waals surface area contributed by atoms with Gasteiger partial charge < -0.3 is 20.6 Å². The van der Waals surface area contributed by atoms with Gasteiger partial charge in [-0.2, -0.15) is 13.2 Å². The van der Waals surface area contributed by atoms with Gasteiger partial charge in [-0.25, -0.2) is 0 Å². The Kier molecular flexibility index (Phi) is 3.21. The number of carbonyl (C=O) groups excluding carboxylic acids is 1. The van der Waals surface area contributed by atoms with Crippen LogP contribution in [0.5, 0.6) is 0 Å². The molecular formula is C10H12F3NO5. The zero-order valence-electron chi connectivity index (χ0n) is 9.46. The van der Waals surface area contributed by atoms with Gasteiger partial charge in [0.2, 0.25) is 0 Å². The van der Waals surface area contributed by atoms with Gasteiger partial charge in [-0.15, -0.1) is 0 Å². The second-order valence-corrected chi connectivity index (χ2v) is 4.91. The van der Waals surface area contributed by atoms with Gasteiger partial charge in [0.25, 0.3) is 0 Å². The minimum atomic E-state index is -5.12. The van der Waals surface area contributed by atoms with Crippen LogP contribution in [0.4, 0.5) is 13.2 Å². The molecule has 2 saturated carbocycles. The third-order valence-electron chi connectivity index (χ3n) is 3.92. The van der Waals surface area contributed by atoms with Crippen LogP contribution in [-0.2, 0) is 9.59 Å². The number of carboxylic acids is 1. The quantitative estimate of drug-likeness (QED) is 0.526. The second kappa shape index (κ2) is 4.34. The summed E-state index contributed by atoms with van der Waals surface area (Å²) in [7, 11) is 0. The predicted molar refractivity (Wildman–Crippen MR) is 52.7 cm³/mol. The number of nitrogens with one attached hydrogen (secondary N) is 1. The average molecular weight is 283 g/mol. The molecule has 9 heteroatoms. The summed E-state index contributed by atoms with van der Waals surface area (Å²) in [6.45, 7) is 0. The highest BCUT2D eigenvalue weighted by Gasteiger charge is 2.61. The van der Waals surface area contributed by atoms with Gasteiger partial charge in [0, 0.05) is 17.9 Å². The molecule has 2 aliphatic rings. The standard InChI is InChI=1S/C10H12F3NO5/c11-10(12,13)9(19)14-5-3-1-2(4(5)8(17)18)6(15)7(3)16/h2-7,15-16H,1H2,(H,14,19)(H,17,18)/t2-,3+,4+,5-,6-,7+/m1/s1. The minimum Gasteiger partial charge on any atom is -0.481 e. The predicted octanol–water partition coefficient (Wildman–Crippen LogP) is -0.894. The number of aliphatic hydroxyl groups excluding tert-OH is 2. The van der Waals surface area contributed by atoms with Gasteiger partial charge in [-0.1, -0.05) is 0 Å². The Bertz CT molecular complexity index is 412. The van der Waals surface area contributed by atoms with E-state index in [9.17, 15) is 33.0 Å². The number of aliphatic hydroxyl groups is 2. The highest BCUT2D eigenvalue weighted by Crippen LogP contribution is 2.49. The lowest BCUT2D eigenvalue weighted by atomic mass is 9.81. The Morgan fingerprint density at radius 2 is 1.63 bits per heavy atom. The Labute approximate surface area is 105 Å². The molecule has 6 atom stereocenters. The smallest absolute Gasteiger partial charge is 0.471 e. The summed E-state index contributed by atoms with van der Waals surface area (Å²) in [5.41, 5.74) is 0. The Hall–Kier alpha value is -1.35. The fraction of sp³-hybridized carbons (Fsp3) is 0.800. The van der Waals surface area contributed by atoms with Crippen LogP contribution in [0.2, 0.25) is 0 Å². The summed E-state index contributed by atoms with van der Waals surface area (Å²) in [4.78, 5) is 21.9. The van der Waals surface area contributed by atoms with Crippen LogP contribution in [0.15, 0.2) is 0 Å². The molecule has 1 amide bonds. The van der Waals surface area contributed by atoms with Crippen molar-refractivity contribution >= 4 is 11.9 Å². The van der Waals surface area contributed by atoms with Crippen molar-refractivity contribution < 1.29 is 38.1 Å². The first-order valence-electron chi connectivity index (χ1n) is 5.61. The Balaban J connectivity index is 2.19. The maximum Gasteiger partial charge on any atom is 0.471 e. The summed E-state index contributed by atoms with van der Waals surface area (Å²) < 4.78 is 36.5. The van der Waals surface area contributed by atoms with Gasteiger partial charge in [0.05, 0.1) is 18.1 Å². The molecule has 0 aromatic carbocycles. The normalized spacial score (nSPS) is 41.3. The molecule has 0 unspecified atom stereocenters. The van der Waals surface area contributed by atoms with Crippen LogP contribution in [0.1, 0.15) is 6.42 Å². The van der Waals surface area contributed by atoms with Crippen LogP contribution < -0.4 is 5.32 Å². The third-order valence-corrected chi connectivity index (χ3v) is 3.92. The van der Waals surface area contributed by atoms with Crippen LogP contribution in [0.25, 0.3) is 0 Å². The van der Waals surface area contributed by atoms with Crippen LogP contribution in [-0.4, -0.2) is 51.6 Å². The fourth-order valence-corrected chi connectivity index (χ4v) is 3.12. The minimum absolute atomic E-state index is 0.0715. The molecule has 2 rings (SSSR count). The molecule has 6 nitrogen and oxygen atoms in total. The molecule has 2 fully saturated rings. The molecule has 2 aliphatic carbocycles. The zero-order chi connectivity index (χ0) is 14.5. The topological polar surface area (TPSA) is 107 Å². The molecule has 0 heterocycles.